The molecule has 2 fully saturated rings. The summed E-state index contributed by atoms with van der Waals surface area (Å²) in [5, 5.41) is 20.0. The van der Waals surface area contributed by atoms with Gasteiger partial charge in [-0.15, -0.1) is 0 Å². The van der Waals surface area contributed by atoms with E-state index >= 15 is 0 Å². The van der Waals surface area contributed by atoms with Crippen molar-refractivity contribution >= 4 is 37.2 Å². The number of para-hydroxylation sites is 1. The molecule has 2 saturated carbocycles. The first kappa shape index (κ1) is 57.3. The predicted octanol–water partition coefficient (Wildman–Crippen LogP) is 14.7. The van der Waals surface area contributed by atoms with Gasteiger partial charge in [-0.1, -0.05) is 154 Å². The molecule has 0 aliphatic heterocycles. The van der Waals surface area contributed by atoms with Crippen LogP contribution in [0.25, 0.3) is 5.41 Å². The van der Waals surface area contributed by atoms with E-state index in [0.717, 1.165) is 40.7 Å². The van der Waals surface area contributed by atoms with E-state index in [1.807, 2.05) is 39.7 Å². The number of phenolic OH excluding ortho intramolecular Hbond substituents is 1. The summed E-state index contributed by atoms with van der Waals surface area (Å²) in [6.07, 6.45) is 11.3. The van der Waals surface area contributed by atoms with Crippen molar-refractivity contribution in [3.05, 3.63) is 67.6 Å². The first-order valence-electron chi connectivity index (χ1n) is 17.6. The Hall–Kier alpha value is 0.619. The van der Waals surface area contributed by atoms with Crippen molar-refractivity contribution in [3.63, 3.8) is 0 Å². The molecule has 294 valence electrons. The number of aromatic hydroxyl groups is 1. The number of hydrogen-bond acceptors (Lipinski definition) is 1. The molecule has 1 N–H and O–H groups in total. The fraction of sp³-hybridized carbons (Fsp3) is 0.725. The third-order valence-corrected chi connectivity index (χ3v) is 9.98. The predicted molar refractivity (Wildman–Crippen MR) is 220 cm³/mol. The molecule has 2 aromatic rings. The van der Waals surface area contributed by atoms with Gasteiger partial charge in [0.15, 0.2) is 0 Å². The van der Waals surface area contributed by atoms with E-state index in [0.29, 0.717) is 23.2 Å². The molecule has 0 radical (unpaired) electrons. The third kappa shape index (κ3) is 20.9. The Morgan fingerprint density at radius 3 is 1.00 bits per heavy atom. The molecule has 0 amide bonds. The van der Waals surface area contributed by atoms with Crippen molar-refractivity contribution < 1.29 is 39.2 Å². The van der Waals surface area contributed by atoms with Crippen molar-refractivity contribution in [2.45, 2.75) is 159 Å². The molecule has 0 saturated heterocycles. The van der Waals surface area contributed by atoms with Gasteiger partial charge in [-0.2, -0.15) is 0 Å². The van der Waals surface area contributed by atoms with Gasteiger partial charge in [0.1, 0.15) is 5.75 Å². The number of rotatable bonds is 2. The van der Waals surface area contributed by atoms with E-state index in [-0.39, 0.29) is 25.9 Å². The molecule has 0 bridgehead atoms. The van der Waals surface area contributed by atoms with E-state index in [1.165, 1.54) is 32.1 Å². The molecule has 1 aromatic heterocycles. The molecule has 2 aliphatic carbocycles. The van der Waals surface area contributed by atoms with Crippen molar-refractivity contribution in [1.29, 1.82) is 0 Å². The Morgan fingerprint density at radius 2 is 0.840 bits per heavy atom. The van der Waals surface area contributed by atoms with Crippen LogP contribution in [-0.2, 0) is 45.1 Å². The average molecular weight is 851 g/mol. The SMILES string of the molecule is C1CCCC1.CC(C)(C)n1ccn(C(C)(C)C)c1=[N-].CC(C)c1cccc(C(C)C)c1O.CC1C(C)C(C)C(C)C1C.[CH3-].[CH3-].[Cl][Ti][Cl].[Cl][Ti][Cl]. The first-order valence-corrected chi connectivity index (χ1v) is 26.2. The molecule has 4 nitrogen and oxygen atoms in total. The molecule has 0 spiro atoms. The normalized spacial score (nSPS) is 20.7. The zero-order valence-electron chi connectivity index (χ0n) is 34.8. The van der Waals surface area contributed by atoms with Gasteiger partial charge in [0.05, 0.1) is 0 Å². The molecule has 50 heavy (non-hydrogen) atoms. The number of phenols is 1. The van der Waals surface area contributed by atoms with Crippen LogP contribution >= 0.6 is 37.2 Å². The fourth-order valence-electron chi connectivity index (χ4n) is 6.22. The van der Waals surface area contributed by atoms with Crippen LogP contribution in [0.5, 0.6) is 5.75 Å². The second-order valence-corrected chi connectivity index (χ2v) is 21.1. The van der Waals surface area contributed by atoms with E-state index in [9.17, 15) is 10.5 Å². The molecule has 0 atom stereocenters. The standard InChI is InChI=1S/C12H18O.C11H20N3.C10H20.C5H10.2CH3.4ClH.2Ti/c1-8(2)10-6-5-7-11(9(3)4)12(10)13;1-10(2,3)13-7-8-14(9(13)12)11(4,5)6;1-6-7(2)9(4)10(5)8(6)3;1-2-4-5-3-1;;;;;;;;/h5-9,13H,1-4H3;7-8H,1-6H3;6-10H,1-5H3;1-5H2;2*1H3;4*1H;;/q;-1;;;2*-1;;;;;2*+2/p-4. The number of halogens is 4. The summed E-state index contributed by atoms with van der Waals surface area (Å²) in [6, 6.07) is 6.00. The summed E-state index contributed by atoms with van der Waals surface area (Å²) in [4.78, 5) is 0. The molecule has 4 rings (SSSR count). The van der Waals surface area contributed by atoms with Gasteiger partial charge < -0.3 is 34.5 Å². The van der Waals surface area contributed by atoms with Gasteiger partial charge in [-0.05, 0) is 76.0 Å². The molecule has 2 aliphatic rings. The summed E-state index contributed by atoms with van der Waals surface area (Å²) in [6.45, 7) is 32.8. The molecular weight excluding hydrogens is 776 g/mol. The van der Waals surface area contributed by atoms with Crippen LogP contribution in [0.1, 0.15) is 159 Å². The van der Waals surface area contributed by atoms with Crippen LogP contribution in [0.3, 0.4) is 0 Å². The second-order valence-electron chi connectivity index (χ2n) is 16.0. The maximum absolute atomic E-state index is 10.0. The van der Waals surface area contributed by atoms with Crippen molar-refractivity contribution in [2.75, 3.05) is 0 Å². The van der Waals surface area contributed by atoms with Crippen LogP contribution < -0.4 is 5.62 Å². The number of aromatic nitrogens is 2. The number of benzene rings is 1. The molecule has 10 heteroatoms. The second kappa shape index (κ2) is 29.0. The Morgan fingerprint density at radius 1 is 0.620 bits per heavy atom. The van der Waals surface area contributed by atoms with Crippen LogP contribution in [-0.4, -0.2) is 14.2 Å². The molecule has 1 heterocycles. The van der Waals surface area contributed by atoms with Crippen LogP contribution in [0.15, 0.2) is 30.6 Å². The van der Waals surface area contributed by atoms with E-state index in [2.05, 4.69) is 104 Å². The number of hydrogen-bond donors (Lipinski definition) is 1. The Kier molecular flexibility index (Phi) is 33.2. The molecule has 1 aromatic carbocycles. The minimum absolute atomic E-state index is 0. The summed E-state index contributed by atoms with van der Waals surface area (Å²) in [5.74, 6) is 5.93. The Labute approximate surface area is 344 Å². The average Bonchev–Trinajstić information content (AvgIpc) is 3.72. The van der Waals surface area contributed by atoms with Crippen molar-refractivity contribution in [2.24, 2.45) is 29.6 Å². The quantitative estimate of drug-likeness (QED) is 0.238. The number of imidazole rings is 1. The summed E-state index contributed by atoms with van der Waals surface area (Å²) in [7, 11) is 19.6. The zero-order valence-corrected chi connectivity index (χ0v) is 40.9. The third-order valence-electron chi connectivity index (χ3n) is 9.98. The van der Waals surface area contributed by atoms with Crippen molar-refractivity contribution in [3.8, 4) is 5.75 Å². The fourth-order valence-corrected chi connectivity index (χ4v) is 6.22. The van der Waals surface area contributed by atoms with E-state index in [4.69, 9.17) is 37.2 Å². The summed E-state index contributed by atoms with van der Waals surface area (Å²) >= 11 is -1.11. The molecule has 0 unspecified atom stereocenters. The summed E-state index contributed by atoms with van der Waals surface area (Å²) < 4.78 is 3.75. The summed E-state index contributed by atoms with van der Waals surface area (Å²) in [5.41, 5.74) is 2.24. The van der Waals surface area contributed by atoms with Crippen molar-refractivity contribution in [1.82, 2.24) is 9.13 Å². The van der Waals surface area contributed by atoms with Gasteiger partial charge in [-0.3, -0.25) is 0 Å². The van der Waals surface area contributed by atoms with Gasteiger partial charge in [0.2, 0.25) is 0 Å². The van der Waals surface area contributed by atoms with Crippen LogP contribution in [0, 0.1) is 44.4 Å². The topological polar surface area (TPSA) is 52.4 Å². The Bertz CT molecular complexity index is 1050. The molecular formula is C40H74Cl4N3OTi2-3. The van der Waals surface area contributed by atoms with E-state index in [1.54, 1.807) is 0 Å². The number of nitrogens with zero attached hydrogens (tertiary/aromatic N) is 3. The monoisotopic (exact) mass is 848 g/mol. The maximum atomic E-state index is 10.0. The van der Waals surface area contributed by atoms with Gasteiger partial charge >= 0.3 is 71.3 Å². The van der Waals surface area contributed by atoms with Gasteiger partial charge in [0, 0.05) is 5.62 Å². The van der Waals surface area contributed by atoms with Gasteiger partial charge in [0.25, 0.3) is 0 Å². The van der Waals surface area contributed by atoms with Crippen LogP contribution in [0.2, 0.25) is 0 Å². The van der Waals surface area contributed by atoms with Crippen LogP contribution in [0.4, 0.5) is 0 Å². The first-order chi connectivity index (χ1) is 22.1. The Balaban J connectivity index is -0.000000273. The minimum atomic E-state index is -0.556. The zero-order chi connectivity index (χ0) is 38.0. The van der Waals surface area contributed by atoms with E-state index < -0.39 is 34.1 Å². The van der Waals surface area contributed by atoms with Gasteiger partial charge in [-0.25, -0.2) is 0 Å².